The minimum Gasteiger partial charge on any atom is -0.505 e. The summed E-state index contributed by atoms with van der Waals surface area (Å²) in [7, 11) is 1.59. The molecule has 0 saturated heterocycles. The Labute approximate surface area is 210 Å². The highest BCUT2D eigenvalue weighted by Gasteiger charge is 2.31. The number of para-hydroxylation sites is 1. The molecule has 3 N–H and O–H groups in total. The van der Waals surface area contributed by atoms with Crippen molar-refractivity contribution in [3.8, 4) is 11.8 Å². The number of aromatic nitrogens is 2. The number of nitrogens with one attached hydrogen (secondary N) is 2. The highest BCUT2D eigenvalue weighted by molar-refractivity contribution is 6.99. The van der Waals surface area contributed by atoms with Crippen LogP contribution in [0.5, 0.6) is 5.75 Å². The van der Waals surface area contributed by atoms with Gasteiger partial charge in [-0.3, -0.25) is 4.79 Å². The number of hydrogen-bond acceptors (Lipinski definition) is 9. The molecule has 0 aliphatic carbocycles. The molecular weight excluding hydrogens is 464 g/mol. The summed E-state index contributed by atoms with van der Waals surface area (Å²) in [4.78, 5) is 14.1. The second-order valence-corrected chi connectivity index (χ2v) is 10.3. The van der Waals surface area contributed by atoms with Crippen LogP contribution in [0.3, 0.4) is 0 Å². The Balaban J connectivity index is 1.85. The van der Waals surface area contributed by atoms with E-state index in [-0.39, 0.29) is 41.6 Å². The molecule has 0 saturated carbocycles. The van der Waals surface area contributed by atoms with Crippen LogP contribution >= 0.6 is 11.7 Å². The van der Waals surface area contributed by atoms with Crippen molar-refractivity contribution in [2.24, 2.45) is 5.41 Å². The summed E-state index contributed by atoms with van der Waals surface area (Å²) in [5.74, 6) is 1.53. The van der Waals surface area contributed by atoms with Gasteiger partial charge in [-0.2, -0.15) is 14.0 Å². The van der Waals surface area contributed by atoms with Gasteiger partial charge in [0.2, 0.25) is 0 Å². The summed E-state index contributed by atoms with van der Waals surface area (Å²) in [6.07, 6.45) is 2.00. The summed E-state index contributed by atoms with van der Waals surface area (Å²) in [5, 5.41) is 26.1. The molecule has 0 aliphatic heterocycles. The van der Waals surface area contributed by atoms with E-state index in [1.807, 2.05) is 6.07 Å². The van der Waals surface area contributed by atoms with Crippen molar-refractivity contribution in [3.63, 3.8) is 0 Å². The van der Waals surface area contributed by atoms with Gasteiger partial charge in [0.05, 0.1) is 47.8 Å². The van der Waals surface area contributed by atoms with Crippen molar-refractivity contribution in [2.75, 3.05) is 24.2 Å². The number of nitriles is 1. The SMILES string of the molecule is CC(C)c1coc([C@H](Nc2nsnc2Nc2cccc(C(=O)N(C)CCC#N)c2O)C(C)(C)C)c1. The summed E-state index contributed by atoms with van der Waals surface area (Å²) < 4.78 is 14.7. The number of phenols is 1. The van der Waals surface area contributed by atoms with Gasteiger partial charge in [-0.15, -0.1) is 0 Å². The predicted molar refractivity (Wildman–Crippen MR) is 137 cm³/mol. The zero-order valence-electron chi connectivity index (χ0n) is 20.9. The second-order valence-electron chi connectivity index (χ2n) is 9.80. The molecule has 0 radical (unpaired) electrons. The fourth-order valence-corrected chi connectivity index (χ4v) is 3.98. The second kappa shape index (κ2) is 10.8. The first-order valence-corrected chi connectivity index (χ1v) is 12.1. The molecule has 0 unspecified atom stereocenters. The Kier molecular flexibility index (Phi) is 8.02. The van der Waals surface area contributed by atoms with E-state index in [1.54, 1.807) is 31.5 Å². The molecule has 2 heterocycles. The van der Waals surface area contributed by atoms with Crippen molar-refractivity contribution in [1.29, 1.82) is 5.26 Å². The van der Waals surface area contributed by atoms with Crippen molar-refractivity contribution in [1.82, 2.24) is 13.6 Å². The molecule has 0 fully saturated rings. The molecule has 3 rings (SSSR count). The number of aromatic hydroxyl groups is 1. The number of carbonyl (C=O) groups is 1. The van der Waals surface area contributed by atoms with Crippen molar-refractivity contribution < 1.29 is 14.3 Å². The molecule has 1 atom stereocenters. The molecule has 186 valence electrons. The molecule has 1 aromatic carbocycles. The fraction of sp³-hybridized carbons (Fsp3) is 0.440. The molecule has 2 aromatic heterocycles. The number of benzene rings is 1. The maximum Gasteiger partial charge on any atom is 0.257 e. The zero-order chi connectivity index (χ0) is 25.8. The Morgan fingerprint density at radius 3 is 2.63 bits per heavy atom. The Hall–Kier alpha value is -3.58. The summed E-state index contributed by atoms with van der Waals surface area (Å²) >= 11 is 1.03. The standard InChI is InChI=1S/C25H32N6O3S/c1-15(2)16-13-19(34-14-16)21(25(3,4)5)28-23-22(29-35-30-23)27-18-10-7-9-17(20(18)32)24(33)31(6)12-8-11-26/h7,9-10,13-15,21,32H,8,12H2,1-6H3,(H,27,29)(H,28,30)/t21-/m0/s1. The molecular formula is C25H32N6O3S. The Morgan fingerprint density at radius 1 is 1.29 bits per heavy atom. The van der Waals surface area contributed by atoms with E-state index in [1.165, 1.54) is 4.90 Å². The van der Waals surface area contributed by atoms with Crippen LogP contribution in [0.25, 0.3) is 0 Å². The monoisotopic (exact) mass is 496 g/mol. The number of furan rings is 1. The quantitative estimate of drug-likeness (QED) is 0.313. The fourth-order valence-electron chi connectivity index (χ4n) is 3.51. The van der Waals surface area contributed by atoms with Gasteiger partial charge in [-0.1, -0.05) is 40.7 Å². The lowest BCUT2D eigenvalue weighted by Gasteiger charge is -2.30. The van der Waals surface area contributed by atoms with E-state index in [9.17, 15) is 9.90 Å². The topological polar surface area (TPSA) is 127 Å². The van der Waals surface area contributed by atoms with E-state index in [0.717, 1.165) is 23.1 Å². The number of anilines is 3. The van der Waals surface area contributed by atoms with E-state index in [2.05, 4.69) is 60.1 Å². The van der Waals surface area contributed by atoms with Gasteiger partial charge in [-0.05, 0) is 35.1 Å². The smallest absolute Gasteiger partial charge is 0.257 e. The molecule has 9 nitrogen and oxygen atoms in total. The lowest BCUT2D eigenvalue weighted by molar-refractivity contribution is 0.0795. The molecule has 1 amide bonds. The largest absolute Gasteiger partial charge is 0.505 e. The van der Waals surface area contributed by atoms with Crippen LogP contribution in [0.2, 0.25) is 0 Å². The van der Waals surface area contributed by atoms with Gasteiger partial charge < -0.3 is 25.1 Å². The van der Waals surface area contributed by atoms with Crippen LogP contribution in [0.15, 0.2) is 34.9 Å². The zero-order valence-corrected chi connectivity index (χ0v) is 21.7. The summed E-state index contributed by atoms with van der Waals surface area (Å²) in [5.41, 5.74) is 1.39. The lowest BCUT2D eigenvalue weighted by atomic mass is 9.85. The third-order valence-electron chi connectivity index (χ3n) is 5.65. The predicted octanol–water partition coefficient (Wildman–Crippen LogP) is 5.89. The average molecular weight is 497 g/mol. The lowest BCUT2D eigenvalue weighted by Crippen LogP contribution is -2.27. The first-order valence-electron chi connectivity index (χ1n) is 11.4. The van der Waals surface area contributed by atoms with Crippen molar-refractivity contribution in [3.05, 3.63) is 47.4 Å². The average Bonchev–Trinajstić information content (AvgIpc) is 3.45. The highest BCUT2D eigenvalue weighted by Crippen LogP contribution is 2.40. The first kappa shape index (κ1) is 26.0. The summed E-state index contributed by atoms with van der Waals surface area (Å²) in [6, 6.07) is 8.77. The highest BCUT2D eigenvalue weighted by atomic mass is 32.1. The maximum absolute atomic E-state index is 12.7. The molecule has 0 spiro atoms. The number of amides is 1. The van der Waals surface area contributed by atoms with Crippen molar-refractivity contribution in [2.45, 2.75) is 53.0 Å². The van der Waals surface area contributed by atoms with E-state index in [4.69, 9.17) is 9.68 Å². The number of nitrogens with zero attached hydrogens (tertiary/aromatic N) is 4. The molecule has 35 heavy (non-hydrogen) atoms. The van der Waals surface area contributed by atoms with Gasteiger partial charge in [0, 0.05) is 13.6 Å². The normalized spacial score (nSPS) is 12.3. The molecule has 3 aromatic rings. The number of carbonyl (C=O) groups excluding carboxylic acids is 1. The van der Waals surface area contributed by atoms with Crippen LogP contribution in [0.4, 0.5) is 17.3 Å². The Morgan fingerprint density at radius 2 is 2.00 bits per heavy atom. The minimum atomic E-state index is -0.372. The van der Waals surface area contributed by atoms with E-state index >= 15 is 0 Å². The van der Waals surface area contributed by atoms with E-state index < -0.39 is 0 Å². The third kappa shape index (κ3) is 6.11. The number of rotatable bonds is 9. The van der Waals surface area contributed by atoms with Crippen LogP contribution in [0, 0.1) is 16.7 Å². The Bertz CT molecular complexity index is 1200. The maximum atomic E-state index is 12.7. The molecule has 0 bridgehead atoms. The van der Waals surface area contributed by atoms with Gasteiger partial charge in [0.25, 0.3) is 5.91 Å². The van der Waals surface area contributed by atoms with Gasteiger partial charge >= 0.3 is 0 Å². The van der Waals surface area contributed by atoms with Gasteiger partial charge in [0.1, 0.15) is 5.76 Å². The first-order chi connectivity index (χ1) is 16.5. The van der Waals surface area contributed by atoms with Gasteiger partial charge in [-0.25, -0.2) is 0 Å². The van der Waals surface area contributed by atoms with Crippen LogP contribution in [-0.2, 0) is 0 Å². The van der Waals surface area contributed by atoms with Crippen LogP contribution < -0.4 is 10.6 Å². The number of phenolic OH excluding ortho intramolecular Hbond substituents is 1. The third-order valence-corrected chi connectivity index (χ3v) is 6.18. The van der Waals surface area contributed by atoms with Crippen LogP contribution in [-0.4, -0.2) is 38.3 Å². The van der Waals surface area contributed by atoms with Crippen molar-refractivity contribution >= 4 is 35.0 Å². The van der Waals surface area contributed by atoms with E-state index in [0.29, 0.717) is 23.2 Å². The van der Waals surface area contributed by atoms with Crippen LogP contribution in [0.1, 0.15) is 74.7 Å². The molecule has 10 heteroatoms. The number of hydrogen-bond donors (Lipinski definition) is 3. The summed E-state index contributed by atoms with van der Waals surface area (Å²) in [6.45, 7) is 10.8. The minimum absolute atomic E-state index is 0.137. The molecule has 0 aliphatic rings. The van der Waals surface area contributed by atoms with Gasteiger partial charge in [0.15, 0.2) is 17.4 Å².